The molecule has 2 nitrogen and oxygen atoms in total. The molecule has 0 aliphatic carbocycles. The van der Waals surface area contributed by atoms with Gasteiger partial charge in [-0.3, -0.25) is 4.79 Å². The van der Waals surface area contributed by atoms with Gasteiger partial charge in [0.25, 0.3) is 0 Å². The molecule has 0 atom stereocenters. The molecule has 0 bridgehead atoms. The van der Waals surface area contributed by atoms with Gasteiger partial charge in [-0.15, -0.1) is 11.3 Å². The first kappa shape index (κ1) is 11.4. The highest BCUT2D eigenvalue weighted by Crippen LogP contribution is 2.23. The Morgan fingerprint density at radius 3 is 2.44 bits per heavy atom. The van der Waals surface area contributed by atoms with Crippen molar-refractivity contribution in [2.24, 2.45) is 0 Å². The Morgan fingerprint density at radius 1 is 1.25 bits per heavy atom. The van der Waals surface area contributed by atoms with Crippen molar-refractivity contribution in [2.45, 2.75) is 0 Å². The number of carbonyl (C=O) groups is 1. The number of rotatable bonds is 3. The minimum absolute atomic E-state index is 0.0320. The summed E-state index contributed by atoms with van der Waals surface area (Å²) in [5.74, 6) is 0.785. The molecule has 0 N–H and O–H groups in total. The molecule has 0 saturated heterocycles. The van der Waals surface area contributed by atoms with Gasteiger partial charge in [0, 0.05) is 16.5 Å². The molecule has 0 spiro atoms. The van der Waals surface area contributed by atoms with Crippen LogP contribution in [0.4, 0.5) is 0 Å². The molecule has 0 radical (unpaired) electrons. The van der Waals surface area contributed by atoms with Gasteiger partial charge in [-0.25, -0.2) is 0 Å². The van der Waals surface area contributed by atoms with Crippen LogP contribution < -0.4 is 4.74 Å². The lowest BCUT2D eigenvalue weighted by Crippen LogP contribution is -1.99. The molecule has 4 heteroatoms. The third-order valence-electron chi connectivity index (χ3n) is 2.18. The van der Waals surface area contributed by atoms with E-state index in [1.807, 2.05) is 11.4 Å². The largest absolute Gasteiger partial charge is 0.497 e. The van der Waals surface area contributed by atoms with Gasteiger partial charge < -0.3 is 4.74 Å². The first-order valence-corrected chi connectivity index (χ1v) is 6.31. The van der Waals surface area contributed by atoms with E-state index in [0.717, 1.165) is 9.54 Å². The van der Waals surface area contributed by atoms with Crippen molar-refractivity contribution in [3.8, 4) is 5.75 Å². The van der Waals surface area contributed by atoms with Gasteiger partial charge >= 0.3 is 0 Å². The summed E-state index contributed by atoms with van der Waals surface area (Å²) in [6, 6.07) is 8.94. The molecule has 0 aliphatic rings. The van der Waals surface area contributed by atoms with Gasteiger partial charge in [-0.1, -0.05) is 0 Å². The number of methoxy groups -OCH3 is 1. The average molecular weight is 297 g/mol. The molecule has 0 fully saturated rings. The molecule has 1 aromatic carbocycles. The van der Waals surface area contributed by atoms with E-state index in [4.69, 9.17) is 4.74 Å². The minimum Gasteiger partial charge on any atom is -0.497 e. The van der Waals surface area contributed by atoms with Crippen LogP contribution in [0.1, 0.15) is 15.9 Å². The maximum Gasteiger partial charge on any atom is 0.193 e. The third-order valence-corrected chi connectivity index (χ3v) is 3.69. The fourth-order valence-electron chi connectivity index (χ4n) is 1.34. The van der Waals surface area contributed by atoms with Gasteiger partial charge in [0.1, 0.15) is 5.75 Å². The number of hydrogen-bond donors (Lipinski definition) is 0. The van der Waals surface area contributed by atoms with Crippen LogP contribution in [-0.2, 0) is 0 Å². The van der Waals surface area contributed by atoms with E-state index in [-0.39, 0.29) is 5.78 Å². The Labute approximate surface area is 106 Å². The minimum atomic E-state index is 0.0320. The predicted octanol–water partition coefficient (Wildman–Crippen LogP) is 3.75. The van der Waals surface area contributed by atoms with E-state index >= 15 is 0 Å². The highest BCUT2D eigenvalue weighted by atomic mass is 79.9. The zero-order chi connectivity index (χ0) is 11.5. The highest BCUT2D eigenvalue weighted by molar-refractivity contribution is 9.11. The first-order chi connectivity index (χ1) is 7.70. The number of halogens is 1. The molecule has 2 rings (SSSR count). The second-order valence-electron chi connectivity index (χ2n) is 3.20. The fraction of sp³-hybridized carbons (Fsp3) is 0.0833. The van der Waals surface area contributed by atoms with Crippen LogP contribution >= 0.6 is 27.3 Å². The summed E-state index contributed by atoms with van der Waals surface area (Å²) in [5, 5.41) is 1.84. The zero-order valence-electron chi connectivity index (χ0n) is 8.57. The number of hydrogen-bond acceptors (Lipinski definition) is 3. The smallest absolute Gasteiger partial charge is 0.193 e. The lowest BCUT2D eigenvalue weighted by atomic mass is 10.1. The van der Waals surface area contributed by atoms with Gasteiger partial charge in [-0.2, -0.15) is 0 Å². The zero-order valence-corrected chi connectivity index (χ0v) is 11.0. The maximum absolute atomic E-state index is 12.0. The van der Waals surface area contributed by atoms with Gasteiger partial charge in [0.15, 0.2) is 5.78 Å². The summed E-state index contributed by atoms with van der Waals surface area (Å²) in [5.41, 5.74) is 1.38. The summed E-state index contributed by atoms with van der Waals surface area (Å²) < 4.78 is 6.00. The predicted molar refractivity (Wildman–Crippen MR) is 68.4 cm³/mol. The van der Waals surface area contributed by atoms with Crippen LogP contribution in [0.3, 0.4) is 0 Å². The number of ketones is 1. The summed E-state index contributed by atoms with van der Waals surface area (Å²) >= 11 is 4.85. The lowest BCUT2D eigenvalue weighted by molar-refractivity contribution is 0.103. The monoisotopic (exact) mass is 296 g/mol. The van der Waals surface area contributed by atoms with Crippen LogP contribution in [0.2, 0.25) is 0 Å². The molecule has 1 aromatic heterocycles. The second-order valence-corrected chi connectivity index (χ2v) is 5.49. The van der Waals surface area contributed by atoms with Crippen molar-refractivity contribution in [2.75, 3.05) is 7.11 Å². The van der Waals surface area contributed by atoms with Crippen molar-refractivity contribution in [3.63, 3.8) is 0 Å². The van der Waals surface area contributed by atoms with Gasteiger partial charge in [-0.05, 0) is 46.3 Å². The SMILES string of the molecule is COc1ccc(C(=O)c2csc(Br)c2)cc1. The summed E-state index contributed by atoms with van der Waals surface area (Å²) in [6.45, 7) is 0. The van der Waals surface area contributed by atoms with E-state index in [1.165, 1.54) is 11.3 Å². The Balaban J connectivity index is 2.27. The van der Waals surface area contributed by atoms with Crippen LogP contribution in [0.25, 0.3) is 0 Å². The van der Waals surface area contributed by atoms with Crippen molar-refractivity contribution in [3.05, 3.63) is 50.6 Å². The summed E-state index contributed by atoms with van der Waals surface area (Å²) in [4.78, 5) is 12.0. The van der Waals surface area contributed by atoms with Crippen molar-refractivity contribution in [1.82, 2.24) is 0 Å². The first-order valence-electron chi connectivity index (χ1n) is 4.63. The Morgan fingerprint density at radius 2 is 1.94 bits per heavy atom. The number of ether oxygens (including phenoxy) is 1. The standard InChI is InChI=1S/C12H9BrO2S/c1-15-10-4-2-8(3-5-10)12(14)9-6-11(13)16-7-9/h2-7H,1H3. The topological polar surface area (TPSA) is 26.3 Å². The van der Waals surface area contributed by atoms with Crippen LogP contribution in [-0.4, -0.2) is 12.9 Å². The summed E-state index contributed by atoms with van der Waals surface area (Å²) in [7, 11) is 1.60. The molecule has 0 unspecified atom stereocenters. The van der Waals surface area contributed by atoms with Crippen molar-refractivity contribution < 1.29 is 9.53 Å². The Bertz CT molecular complexity index is 502. The molecule has 16 heavy (non-hydrogen) atoms. The molecule has 0 aliphatic heterocycles. The average Bonchev–Trinajstić information content (AvgIpc) is 2.75. The summed E-state index contributed by atoms with van der Waals surface area (Å²) in [6.07, 6.45) is 0. The van der Waals surface area contributed by atoms with Crippen LogP contribution in [0.15, 0.2) is 39.5 Å². The highest BCUT2D eigenvalue weighted by Gasteiger charge is 2.10. The quantitative estimate of drug-likeness (QED) is 0.807. The van der Waals surface area contributed by atoms with E-state index in [1.54, 1.807) is 31.4 Å². The van der Waals surface area contributed by atoms with Crippen molar-refractivity contribution >= 4 is 33.0 Å². The van der Waals surface area contributed by atoms with Gasteiger partial charge in [0.2, 0.25) is 0 Å². The fourth-order valence-corrected chi connectivity index (χ4v) is 2.47. The van der Waals surface area contributed by atoms with Crippen LogP contribution in [0, 0.1) is 0 Å². The van der Waals surface area contributed by atoms with E-state index in [9.17, 15) is 4.79 Å². The number of thiophene rings is 1. The van der Waals surface area contributed by atoms with E-state index in [0.29, 0.717) is 11.1 Å². The molecular weight excluding hydrogens is 288 g/mol. The molecular formula is C12H9BrO2S. The number of benzene rings is 1. The molecule has 0 amide bonds. The van der Waals surface area contributed by atoms with Crippen molar-refractivity contribution in [1.29, 1.82) is 0 Å². The van der Waals surface area contributed by atoms with Gasteiger partial charge in [0.05, 0.1) is 10.9 Å². The normalized spacial score (nSPS) is 10.1. The third kappa shape index (κ3) is 2.33. The Kier molecular flexibility index (Phi) is 3.41. The second kappa shape index (κ2) is 4.80. The lowest BCUT2D eigenvalue weighted by Gasteiger charge is -2.01. The molecule has 1 heterocycles. The molecule has 0 saturated carbocycles. The van der Waals surface area contributed by atoms with Crippen LogP contribution in [0.5, 0.6) is 5.75 Å². The van der Waals surface area contributed by atoms with E-state index in [2.05, 4.69) is 15.9 Å². The molecule has 2 aromatic rings. The Hall–Kier alpha value is -1.13. The number of carbonyl (C=O) groups excluding carboxylic acids is 1. The molecule has 82 valence electrons. The van der Waals surface area contributed by atoms with E-state index < -0.39 is 0 Å². The maximum atomic E-state index is 12.0.